The maximum Gasteiger partial charge on any atom is 0.160 e. The highest BCUT2D eigenvalue weighted by molar-refractivity contribution is 5.98. The van der Waals surface area contributed by atoms with E-state index in [-0.39, 0.29) is 0 Å². The summed E-state index contributed by atoms with van der Waals surface area (Å²) in [6.07, 6.45) is 7.11. The molecule has 1 aliphatic rings. The summed E-state index contributed by atoms with van der Waals surface area (Å²) in [6, 6.07) is 17.8. The maximum atomic E-state index is 5.55. The Balaban J connectivity index is 1.36. The third-order valence-corrected chi connectivity index (χ3v) is 5.79. The average Bonchev–Trinajstić information content (AvgIpc) is 3.34. The molecule has 1 fully saturated rings. The van der Waals surface area contributed by atoms with Gasteiger partial charge in [0.25, 0.3) is 0 Å². The molecule has 9 nitrogen and oxygen atoms in total. The Morgan fingerprint density at radius 3 is 2.71 bits per heavy atom. The van der Waals surface area contributed by atoms with Crippen molar-refractivity contribution in [3.8, 4) is 11.3 Å². The molecule has 1 aliphatic heterocycles. The lowest BCUT2D eigenvalue weighted by Crippen LogP contribution is -2.37. The maximum absolute atomic E-state index is 5.55. The molecule has 6 rings (SSSR count). The van der Waals surface area contributed by atoms with Crippen LogP contribution < -0.4 is 10.3 Å². The number of benzene rings is 1. The molecule has 34 heavy (non-hydrogen) atoms. The van der Waals surface area contributed by atoms with Gasteiger partial charge in [-0.2, -0.15) is 14.7 Å². The number of anilines is 2. The van der Waals surface area contributed by atoms with Gasteiger partial charge in [0.05, 0.1) is 30.6 Å². The average molecular weight is 451 g/mol. The van der Waals surface area contributed by atoms with Crippen molar-refractivity contribution in [1.82, 2.24) is 24.6 Å². The van der Waals surface area contributed by atoms with Crippen LogP contribution in [0.1, 0.15) is 5.56 Å². The molecule has 0 unspecified atom stereocenters. The highest BCUT2D eigenvalue weighted by Crippen LogP contribution is 2.25. The van der Waals surface area contributed by atoms with Crippen LogP contribution in [-0.4, -0.2) is 57.1 Å². The molecule has 1 aromatic carbocycles. The summed E-state index contributed by atoms with van der Waals surface area (Å²) >= 11 is 0. The van der Waals surface area contributed by atoms with Gasteiger partial charge >= 0.3 is 0 Å². The Morgan fingerprint density at radius 1 is 0.971 bits per heavy atom. The third kappa shape index (κ3) is 3.93. The highest BCUT2D eigenvalue weighted by Gasteiger charge is 2.18. The Hall–Kier alpha value is -4.37. The number of para-hydroxylation sites is 1. The molecule has 0 aliphatic carbocycles. The predicted octanol–water partition coefficient (Wildman–Crippen LogP) is 3.62. The molecule has 5 aromatic rings. The second-order valence-corrected chi connectivity index (χ2v) is 7.92. The van der Waals surface area contributed by atoms with E-state index in [2.05, 4.69) is 25.4 Å². The minimum Gasteiger partial charge on any atom is -0.378 e. The second-order valence-electron chi connectivity index (χ2n) is 7.92. The van der Waals surface area contributed by atoms with Crippen LogP contribution in [0.2, 0.25) is 0 Å². The zero-order chi connectivity index (χ0) is 22.7. The topological polar surface area (TPSA) is 92.8 Å². The van der Waals surface area contributed by atoms with Crippen molar-refractivity contribution in [2.24, 2.45) is 5.10 Å². The molecule has 1 saturated heterocycles. The number of rotatable bonds is 5. The zero-order valence-electron chi connectivity index (χ0n) is 18.4. The second kappa shape index (κ2) is 8.87. The number of pyridine rings is 2. The van der Waals surface area contributed by atoms with Crippen LogP contribution >= 0.6 is 0 Å². The minimum atomic E-state index is 0.643. The third-order valence-electron chi connectivity index (χ3n) is 5.79. The summed E-state index contributed by atoms with van der Waals surface area (Å²) in [5, 5.41) is 10.4. The molecule has 0 amide bonds. The van der Waals surface area contributed by atoms with Crippen LogP contribution in [0.25, 0.3) is 27.8 Å². The van der Waals surface area contributed by atoms with Gasteiger partial charge in [0, 0.05) is 60.3 Å². The first kappa shape index (κ1) is 20.3. The van der Waals surface area contributed by atoms with E-state index in [4.69, 9.17) is 14.8 Å². The SMILES string of the molecule is C(=N\Nc1cc(N2CCOCC2)n2nc(-c3ccncc3)cc2n1)/c1ccnc2ccccc12. The quantitative estimate of drug-likeness (QED) is 0.323. The van der Waals surface area contributed by atoms with E-state index in [1.807, 2.05) is 59.1 Å². The molecular formula is C25H22N8O. The van der Waals surface area contributed by atoms with Crippen LogP contribution in [0.4, 0.5) is 11.6 Å². The number of nitrogens with zero attached hydrogens (tertiary/aromatic N) is 7. The first-order chi connectivity index (χ1) is 16.8. The smallest absolute Gasteiger partial charge is 0.160 e. The van der Waals surface area contributed by atoms with Crippen LogP contribution in [0.3, 0.4) is 0 Å². The van der Waals surface area contributed by atoms with Gasteiger partial charge in [-0.05, 0) is 24.3 Å². The fraction of sp³-hybridized carbons (Fsp3) is 0.160. The van der Waals surface area contributed by atoms with Crippen molar-refractivity contribution < 1.29 is 4.74 Å². The standard InChI is InChI=1S/C25H22N8O/c1-2-4-21-20(3-1)19(7-10-27-21)17-28-30-23-16-25(32-11-13-34-14-12-32)33-24(29-23)15-22(31-33)18-5-8-26-9-6-18/h1-10,15-17H,11-14H2,(H,29,30)/b28-17+. The molecule has 4 aromatic heterocycles. The molecule has 9 heteroatoms. The van der Waals surface area contributed by atoms with Gasteiger partial charge in [0.1, 0.15) is 5.82 Å². The molecule has 0 saturated carbocycles. The minimum absolute atomic E-state index is 0.643. The number of hydrogen-bond acceptors (Lipinski definition) is 8. The van der Waals surface area contributed by atoms with E-state index < -0.39 is 0 Å². The number of hydrogen-bond donors (Lipinski definition) is 1. The number of morpholine rings is 1. The van der Waals surface area contributed by atoms with Gasteiger partial charge < -0.3 is 9.64 Å². The molecule has 1 N–H and O–H groups in total. The largest absolute Gasteiger partial charge is 0.378 e. The van der Waals surface area contributed by atoms with Gasteiger partial charge in [-0.3, -0.25) is 15.4 Å². The van der Waals surface area contributed by atoms with Gasteiger partial charge in [-0.15, -0.1) is 0 Å². The van der Waals surface area contributed by atoms with E-state index in [1.165, 1.54) is 0 Å². The normalized spacial score (nSPS) is 14.3. The van der Waals surface area contributed by atoms with Crippen molar-refractivity contribution in [1.29, 1.82) is 0 Å². The Bertz CT molecular complexity index is 1470. The molecule has 0 bridgehead atoms. The first-order valence-corrected chi connectivity index (χ1v) is 11.1. The van der Waals surface area contributed by atoms with Crippen LogP contribution in [0.5, 0.6) is 0 Å². The molecule has 0 spiro atoms. The van der Waals surface area contributed by atoms with Crippen molar-refractivity contribution in [3.05, 3.63) is 78.8 Å². The summed E-state index contributed by atoms with van der Waals surface area (Å²) in [6.45, 7) is 2.93. The monoisotopic (exact) mass is 450 g/mol. The Morgan fingerprint density at radius 2 is 1.82 bits per heavy atom. The number of fused-ring (bicyclic) bond motifs is 2. The number of ether oxygens (including phenoxy) is 1. The molecule has 5 heterocycles. The summed E-state index contributed by atoms with van der Waals surface area (Å²) in [4.78, 5) is 15.5. The Kier molecular flexibility index (Phi) is 5.29. The zero-order valence-corrected chi connectivity index (χ0v) is 18.4. The van der Waals surface area contributed by atoms with Gasteiger partial charge in [0.2, 0.25) is 0 Å². The molecule has 168 valence electrons. The Labute approximate surface area is 195 Å². The predicted molar refractivity (Wildman–Crippen MR) is 132 cm³/mol. The van der Waals surface area contributed by atoms with Crippen LogP contribution in [0, 0.1) is 0 Å². The lowest BCUT2D eigenvalue weighted by atomic mass is 10.1. The molecular weight excluding hydrogens is 428 g/mol. The van der Waals surface area contributed by atoms with Crippen molar-refractivity contribution in [2.75, 3.05) is 36.6 Å². The summed E-state index contributed by atoms with van der Waals surface area (Å²) < 4.78 is 7.43. The summed E-state index contributed by atoms with van der Waals surface area (Å²) in [5.74, 6) is 1.59. The fourth-order valence-electron chi connectivity index (χ4n) is 4.10. The van der Waals surface area contributed by atoms with Crippen molar-refractivity contribution in [3.63, 3.8) is 0 Å². The number of aromatic nitrogens is 5. The van der Waals surface area contributed by atoms with E-state index in [9.17, 15) is 0 Å². The van der Waals surface area contributed by atoms with E-state index in [0.29, 0.717) is 19.0 Å². The lowest BCUT2D eigenvalue weighted by molar-refractivity contribution is 0.122. The molecule has 0 radical (unpaired) electrons. The number of nitrogens with one attached hydrogen (secondary N) is 1. The van der Waals surface area contributed by atoms with Crippen LogP contribution in [-0.2, 0) is 4.74 Å². The highest BCUT2D eigenvalue weighted by atomic mass is 16.5. The van der Waals surface area contributed by atoms with Crippen molar-refractivity contribution >= 4 is 34.4 Å². The first-order valence-electron chi connectivity index (χ1n) is 11.1. The van der Waals surface area contributed by atoms with E-state index in [0.717, 1.165) is 52.3 Å². The van der Waals surface area contributed by atoms with Gasteiger partial charge in [-0.25, -0.2) is 4.98 Å². The molecule has 0 atom stereocenters. The lowest BCUT2D eigenvalue weighted by Gasteiger charge is -2.29. The van der Waals surface area contributed by atoms with Gasteiger partial charge in [0.15, 0.2) is 11.5 Å². The fourth-order valence-corrected chi connectivity index (χ4v) is 4.10. The van der Waals surface area contributed by atoms with Crippen molar-refractivity contribution in [2.45, 2.75) is 0 Å². The number of hydrazone groups is 1. The van der Waals surface area contributed by atoms with Crippen LogP contribution in [0.15, 0.2) is 78.3 Å². The summed E-state index contributed by atoms with van der Waals surface area (Å²) in [5.41, 5.74) is 7.60. The van der Waals surface area contributed by atoms with E-state index >= 15 is 0 Å². The van der Waals surface area contributed by atoms with E-state index in [1.54, 1.807) is 24.8 Å². The summed E-state index contributed by atoms with van der Waals surface area (Å²) in [7, 11) is 0. The van der Waals surface area contributed by atoms with Gasteiger partial charge in [-0.1, -0.05) is 18.2 Å².